The average molecular weight is 271 g/mol. The molecule has 0 unspecified atom stereocenters. The van der Waals surface area contributed by atoms with Gasteiger partial charge in [0.15, 0.2) is 0 Å². The Bertz CT molecular complexity index is 470. The van der Waals surface area contributed by atoms with E-state index < -0.39 is 11.9 Å². The fraction of sp³-hybridized carbons (Fsp3) is 0.429. The van der Waals surface area contributed by atoms with Crippen LogP contribution in [0, 0.1) is 11.7 Å². The molecule has 1 fully saturated rings. The summed E-state index contributed by atoms with van der Waals surface area (Å²) in [6.07, 6.45) is 1.10. The van der Waals surface area contributed by atoms with E-state index in [2.05, 4.69) is 0 Å². The molecule has 0 N–H and O–H groups in total. The number of aliphatic carboxylic acids is 1. The third-order valence-electron chi connectivity index (χ3n) is 3.45. The molecule has 102 valence electrons. The number of amides is 1. The van der Waals surface area contributed by atoms with Gasteiger partial charge in [-0.3, -0.25) is 4.79 Å². The molecule has 2 rings (SSSR count). The summed E-state index contributed by atoms with van der Waals surface area (Å²) in [5.41, 5.74) is 0.758. The van der Waals surface area contributed by atoms with Crippen molar-refractivity contribution in [1.82, 2.24) is 4.90 Å². The number of likely N-dealkylation sites (tertiary alicyclic amines) is 1. The van der Waals surface area contributed by atoms with Crippen LogP contribution in [0.25, 0.3) is 0 Å². The van der Waals surface area contributed by atoms with Gasteiger partial charge in [-0.1, -0.05) is 12.1 Å². The summed E-state index contributed by atoms with van der Waals surface area (Å²) in [7, 11) is 0. The number of benzene rings is 1. The number of carboxylic acids is 1. The van der Waals surface area contributed by atoms with Crippen LogP contribution in [0.4, 0.5) is 4.39 Å². The first kappa shape index (κ1) is 16.7. The Kier molecular flexibility index (Phi) is 6.25. The SMILES string of the molecule is O=C([O-])C1CCN(C(=O)Cc2ccc(F)cc2)CC1.[Li+]. The van der Waals surface area contributed by atoms with Gasteiger partial charge in [-0.15, -0.1) is 0 Å². The summed E-state index contributed by atoms with van der Waals surface area (Å²) in [6, 6.07) is 5.82. The van der Waals surface area contributed by atoms with Gasteiger partial charge < -0.3 is 14.8 Å². The number of hydrogen-bond donors (Lipinski definition) is 0. The molecule has 1 aromatic carbocycles. The van der Waals surface area contributed by atoms with Gasteiger partial charge in [0.25, 0.3) is 0 Å². The minimum atomic E-state index is -1.04. The summed E-state index contributed by atoms with van der Waals surface area (Å²) in [5, 5.41) is 10.7. The van der Waals surface area contributed by atoms with Crippen LogP contribution in [0.2, 0.25) is 0 Å². The summed E-state index contributed by atoms with van der Waals surface area (Å²) >= 11 is 0. The zero-order chi connectivity index (χ0) is 13.8. The Morgan fingerprint density at radius 3 is 2.25 bits per heavy atom. The molecule has 0 spiro atoms. The minimum Gasteiger partial charge on any atom is -0.550 e. The number of carboxylic acid groups (broad SMARTS) is 1. The molecule has 1 aromatic rings. The molecule has 1 saturated heterocycles. The van der Waals surface area contributed by atoms with Crippen molar-refractivity contribution in [3.05, 3.63) is 35.6 Å². The maximum absolute atomic E-state index is 12.7. The van der Waals surface area contributed by atoms with E-state index in [1.165, 1.54) is 12.1 Å². The van der Waals surface area contributed by atoms with Crippen molar-refractivity contribution in [2.24, 2.45) is 5.92 Å². The van der Waals surface area contributed by atoms with Crippen molar-refractivity contribution in [2.45, 2.75) is 19.3 Å². The average Bonchev–Trinajstić information content (AvgIpc) is 2.41. The van der Waals surface area contributed by atoms with Crippen LogP contribution in [0.15, 0.2) is 24.3 Å². The van der Waals surface area contributed by atoms with Gasteiger partial charge in [-0.25, -0.2) is 4.39 Å². The van der Waals surface area contributed by atoms with E-state index in [-0.39, 0.29) is 37.0 Å². The molecule has 0 aliphatic carbocycles. The quantitative estimate of drug-likeness (QED) is 0.565. The number of hydrogen-bond acceptors (Lipinski definition) is 3. The van der Waals surface area contributed by atoms with Crippen molar-refractivity contribution in [2.75, 3.05) is 13.1 Å². The first-order chi connectivity index (χ1) is 9.06. The van der Waals surface area contributed by atoms with Gasteiger partial charge in [0.2, 0.25) is 5.91 Å². The molecule has 1 heterocycles. The number of nitrogens with zero attached hydrogens (tertiary/aromatic N) is 1. The number of carbonyl (C=O) groups is 2. The molecule has 0 aromatic heterocycles. The van der Waals surface area contributed by atoms with Crippen LogP contribution in [0.5, 0.6) is 0 Å². The van der Waals surface area contributed by atoms with E-state index in [0.29, 0.717) is 25.9 Å². The summed E-state index contributed by atoms with van der Waals surface area (Å²) in [6.45, 7) is 0.886. The molecular weight excluding hydrogens is 256 g/mol. The molecule has 1 aliphatic heterocycles. The number of halogens is 1. The van der Waals surface area contributed by atoms with Gasteiger partial charge >= 0.3 is 18.9 Å². The zero-order valence-corrected chi connectivity index (χ0v) is 11.5. The second-order valence-corrected chi connectivity index (χ2v) is 4.78. The first-order valence-corrected chi connectivity index (χ1v) is 6.29. The van der Waals surface area contributed by atoms with E-state index in [0.717, 1.165) is 5.56 Å². The molecule has 0 bridgehead atoms. The van der Waals surface area contributed by atoms with Crippen LogP contribution in [0.1, 0.15) is 18.4 Å². The van der Waals surface area contributed by atoms with Crippen LogP contribution in [-0.2, 0) is 16.0 Å². The van der Waals surface area contributed by atoms with E-state index in [4.69, 9.17) is 0 Å². The topological polar surface area (TPSA) is 60.4 Å². The Morgan fingerprint density at radius 1 is 1.20 bits per heavy atom. The van der Waals surface area contributed by atoms with Gasteiger partial charge in [0.1, 0.15) is 5.82 Å². The molecule has 1 aliphatic rings. The van der Waals surface area contributed by atoms with Crippen LogP contribution in [-0.4, -0.2) is 29.9 Å². The summed E-state index contributed by atoms with van der Waals surface area (Å²) in [4.78, 5) is 24.4. The Morgan fingerprint density at radius 2 is 1.75 bits per heavy atom. The molecule has 4 nitrogen and oxygen atoms in total. The predicted octanol–water partition coefficient (Wildman–Crippen LogP) is -2.64. The van der Waals surface area contributed by atoms with E-state index in [1.807, 2.05) is 0 Å². The molecule has 20 heavy (non-hydrogen) atoms. The van der Waals surface area contributed by atoms with Crippen molar-refractivity contribution in [1.29, 1.82) is 0 Å². The van der Waals surface area contributed by atoms with Crippen molar-refractivity contribution >= 4 is 11.9 Å². The maximum atomic E-state index is 12.7. The van der Waals surface area contributed by atoms with Gasteiger partial charge in [-0.2, -0.15) is 0 Å². The third kappa shape index (κ3) is 4.36. The summed E-state index contributed by atoms with van der Waals surface area (Å²) in [5.74, 6) is -1.87. The number of carbonyl (C=O) groups excluding carboxylic acids is 2. The minimum absolute atomic E-state index is 0. The molecule has 6 heteroatoms. The third-order valence-corrected chi connectivity index (χ3v) is 3.45. The zero-order valence-electron chi connectivity index (χ0n) is 11.5. The summed E-state index contributed by atoms with van der Waals surface area (Å²) < 4.78 is 12.7. The standard InChI is InChI=1S/C14H16FNO3.Li/c15-12-3-1-10(2-4-12)9-13(17)16-7-5-11(6-8-16)14(18)19;/h1-4,11H,5-9H2,(H,18,19);/q;+1/p-1. The normalized spacial score (nSPS) is 15.6. The molecule has 0 radical (unpaired) electrons. The van der Waals surface area contributed by atoms with Crippen molar-refractivity contribution in [3.63, 3.8) is 0 Å². The van der Waals surface area contributed by atoms with E-state index >= 15 is 0 Å². The number of piperidine rings is 1. The number of rotatable bonds is 3. The maximum Gasteiger partial charge on any atom is 1.00 e. The molecular formula is C14H15FLiNO3. The second-order valence-electron chi connectivity index (χ2n) is 4.78. The van der Waals surface area contributed by atoms with Crippen LogP contribution >= 0.6 is 0 Å². The molecule has 1 amide bonds. The predicted molar refractivity (Wildman–Crippen MR) is 64.4 cm³/mol. The van der Waals surface area contributed by atoms with Crippen molar-refractivity contribution < 1.29 is 37.9 Å². The fourth-order valence-corrected chi connectivity index (χ4v) is 2.25. The largest absolute Gasteiger partial charge is 1.00 e. The first-order valence-electron chi connectivity index (χ1n) is 6.29. The van der Waals surface area contributed by atoms with Gasteiger partial charge in [0.05, 0.1) is 6.42 Å². The van der Waals surface area contributed by atoms with E-state index in [1.54, 1.807) is 17.0 Å². The van der Waals surface area contributed by atoms with Gasteiger partial charge in [-0.05, 0) is 30.5 Å². The van der Waals surface area contributed by atoms with Crippen LogP contribution < -0.4 is 24.0 Å². The van der Waals surface area contributed by atoms with Crippen molar-refractivity contribution in [3.8, 4) is 0 Å². The van der Waals surface area contributed by atoms with Gasteiger partial charge in [0, 0.05) is 25.0 Å². The smallest absolute Gasteiger partial charge is 0.550 e. The second kappa shape index (κ2) is 7.46. The molecule has 0 atom stereocenters. The van der Waals surface area contributed by atoms with E-state index in [9.17, 15) is 19.1 Å². The Labute approximate surface area is 129 Å². The molecule has 0 saturated carbocycles. The Hall–Kier alpha value is -1.31. The van der Waals surface area contributed by atoms with Crippen LogP contribution in [0.3, 0.4) is 0 Å². The fourth-order valence-electron chi connectivity index (χ4n) is 2.25. The monoisotopic (exact) mass is 271 g/mol. The Balaban J connectivity index is 0.00000200.